The van der Waals surface area contributed by atoms with Crippen molar-refractivity contribution < 1.29 is 19.8 Å². The summed E-state index contributed by atoms with van der Waals surface area (Å²) in [7, 11) is 0. The number of carbonyl (C=O) groups is 2. The van der Waals surface area contributed by atoms with Crippen molar-refractivity contribution in [1.82, 2.24) is 5.32 Å². The minimum absolute atomic E-state index is 0.0592. The van der Waals surface area contributed by atoms with Gasteiger partial charge in [-0.25, -0.2) is 4.79 Å². The van der Waals surface area contributed by atoms with Gasteiger partial charge >= 0.3 is 5.97 Å². The molecular weight excluding hydrogens is 246 g/mol. The summed E-state index contributed by atoms with van der Waals surface area (Å²) in [4.78, 5) is 22.4. The molecule has 1 saturated carbocycles. The van der Waals surface area contributed by atoms with Gasteiger partial charge in [0.1, 0.15) is 6.04 Å². The molecule has 0 aromatic rings. The van der Waals surface area contributed by atoms with Crippen LogP contribution in [0.4, 0.5) is 0 Å². The summed E-state index contributed by atoms with van der Waals surface area (Å²) >= 11 is 0. The molecule has 5 nitrogen and oxygen atoms in total. The van der Waals surface area contributed by atoms with Gasteiger partial charge in [-0.2, -0.15) is 0 Å². The molecule has 5 heteroatoms. The van der Waals surface area contributed by atoms with Crippen LogP contribution < -0.4 is 5.32 Å². The number of rotatable bonds is 8. The Balaban J connectivity index is 2.17. The van der Waals surface area contributed by atoms with Gasteiger partial charge in [0.25, 0.3) is 0 Å². The zero-order valence-electron chi connectivity index (χ0n) is 11.4. The lowest BCUT2D eigenvalue weighted by molar-refractivity contribution is -0.142. The third-order valence-corrected chi connectivity index (χ3v) is 3.79. The molecule has 1 fully saturated rings. The van der Waals surface area contributed by atoms with Gasteiger partial charge in [0, 0.05) is 19.4 Å². The van der Waals surface area contributed by atoms with E-state index in [1.165, 1.54) is 32.1 Å². The molecule has 0 saturated heterocycles. The topological polar surface area (TPSA) is 86.6 Å². The number of carbonyl (C=O) groups excluding carboxylic acids is 1. The van der Waals surface area contributed by atoms with Gasteiger partial charge in [0.2, 0.25) is 5.91 Å². The third kappa shape index (κ3) is 6.57. The third-order valence-electron chi connectivity index (χ3n) is 3.79. The second kappa shape index (κ2) is 8.91. The number of aliphatic hydroxyl groups is 1. The summed E-state index contributed by atoms with van der Waals surface area (Å²) in [6.07, 6.45) is 8.79. The Morgan fingerprint density at radius 2 is 1.89 bits per heavy atom. The summed E-state index contributed by atoms with van der Waals surface area (Å²) in [6, 6.07) is -0.966. The van der Waals surface area contributed by atoms with Crippen LogP contribution in [0.1, 0.15) is 57.8 Å². The Morgan fingerprint density at radius 3 is 2.47 bits per heavy atom. The smallest absolute Gasteiger partial charge is 0.326 e. The number of carboxylic acids is 1. The Labute approximate surface area is 114 Å². The normalized spacial score (nSPS) is 17.9. The Hall–Kier alpha value is -1.10. The van der Waals surface area contributed by atoms with Crippen LogP contribution in [0.15, 0.2) is 0 Å². The molecule has 0 radical (unpaired) electrons. The monoisotopic (exact) mass is 271 g/mol. The van der Waals surface area contributed by atoms with Gasteiger partial charge in [-0.15, -0.1) is 0 Å². The van der Waals surface area contributed by atoms with Crippen LogP contribution >= 0.6 is 0 Å². The van der Waals surface area contributed by atoms with E-state index in [0.29, 0.717) is 6.42 Å². The molecule has 1 unspecified atom stereocenters. The average molecular weight is 271 g/mol. The predicted molar refractivity (Wildman–Crippen MR) is 71.7 cm³/mol. The predicted octanol–water partition coefficient (Wildman–Crippen LogP) is 1.69. The second-order valence-electron chi connectivity index (χ2n) is 5.37. The Kier molecular flexibility index (Phi) is 7.48. The van der Waals surface area contributed by atoms with Gasteiger partial charge in [-0.1, -0.05) is 32.1 Å². The molecule has 1 amide bonds. The van der Waals surface area contributed by atoms with Crippen molar-refractivity contribution in [2.24, 2.45) is 5.92 Å². The minimum atomic E-state index is -1.09. The second-order valence-corrected chi connectivity index (χ2v) is 5.37. The zero-order chi connectivity index (χ0) is 14.1. The summed E-state index contributed by atoms with van der Waals surface area (Å²) in [6.45, 7) is -0.237. The first-order valence-corrected chi connectivity index (χ1v) is 7.26. The Bertz CT molecular complexity index is 287. The quantitative estimate of drug-likeness (QED) is 0.627. The van der Waals surface area contributed by atoms with Gasteiger partial charge in [-0.3, -0.25) is 4.79 Å². The summed E-state index contributed by atoms with van der Waals surface area (Å²) in [5.74, 6) is -0.569. The van der Waals surface area contributed by atoms with Crippen LogP contribution in [0.3, 0.4) is 0 Å². The van der Waals surface area contributed by atoms with Crippen molar-refractivity contribution >= 4 is 11.9 Å². The summed E-state index contributed by atoms with van der Waals surface area (Å²) in [5.41, 5.74) is 0. The number of carboxylic acid groups (broad SMARTS) is 1. The van der Waals surface area contributed by atoms with Crippen LogP contribution in [-0.4, -0.2) is 34.7 Å². The van der Waals surface area contributed by atoms with Crippen LogP contribution in [0.2, 0.25) is 0 Å². The fourth-order valence-corrected chi connectivity index (χ4v) is 2.68. The van der Waals surface area contributed by atoms with Crippen LogP contribution in [0.25, 0.3) is 0 Å². The Morgan fingerprint density at radius 1 is 1.21 bits per heavy atom. The van der Waals surface area contributed by atoms with E-state index in [1.807, 2.05) is 0 Å². The highest BCUT2D eigenvalue weighted by Crippen LogP contribution is 2.27. The standard InChI is InChI=1S/C14H25NO4/c16-10-9-12(14(18)19)15-13(17)8-4-7-11-5-2-1-3-6-11/h11-12,16H,1-10H2,(H,15,17)(H,18,19). The number of aliphatic carboxylic acids is 1. The molecule has 0 aromatic heterocycles. The fourth-order valence-electron chi connectivity index (χ4n) is 2.68. The molecule has 110 valence electrons. The lowest BCUT2D eigenvalue weighted by Crippen LogP contribution is -2.41. The number of nitrogens with one attached hydrogen (secondary N) is 1. The van der Waals surface area contributed by atoms with E-state index < -0.39 is 12.0 Å². The van der Waals surface area contributed by atoms with Crippen molar-refractivity contribution in [3.63, 3.8) is 0 Å². The largest absolute Gasteiger partial charge is 0.480 e. The van der Waals surface area contributed by atoms with E-state index in [9.17, 15) is 9.59 Å². The SMILES string of the molecule is O=C(CCCC1CCCCC1)NC(CCO)C(=O)O. The van der Waals surface area contributed by atoms with Crippen LogP contribution in [0.5, 0.6) is 0 Å². The molecule has 0 aromatic carbocycles. The van der Waals surface area contributed by atoms with E-state index in [4.69, 9.17) is 10.2 Å². The molecule has 0 aliphatic heterocycles. The van der Waals surface area contributed by atoms with Crippen molar-refractivity contribution in [3.8, 4) is 0 Å². The maximum Gasteiger partial charge on any atom is 0.326 e. The number of hydrogen-bond donors (Lipinski definition) is 3. The molecular formula is C14H25NO4. The summed E-state index contributed by atoms with van der Waals surface area (Å²) in [5, 5.41) is 20.0. The van der Waals surface area contributed by atoms with Crippen molar-refractivity contribution in [1.29, 1.82) is 0 Å². The lowest BCUT2D eigenvalue weighted by Gasteiger charge is -2.21. The van der Waals surface area contributed by atoms with Gasteiger partial charge in [0.05, 0.1) is 0 Å². The average Bonchev–Trinajstić information content (AvgIpc) is 2.39. The van der Waals surface area contributed by atoms with Crippen molar-refractivity contribution in [2.75, 3.05) is 6.61 Å². The first kappa shape index (κ1) is 16.0. The van der Waals surface area contributed by atoms with E-state index in [2.05, 4.69) is 5.32 Å². The maximum absolute atomic E-state index is 11.6. The van der Waals surface area contributed by atoms with E-state index in [-0.39, 0.29) is 18.9 Å². The van der Waals surface area contributed by atoms with Gasteiger partial charge < -0.3 is 15.5 Å². The number of aliphatic hydroxyl groups excluding tert-OH is 1. The number of amides is 1. The molecule has 0 bridgehead atoms. The maximum atomic E-state index is 11.6. The molecule has 0 heterocycles. The van der Waals surface area contributed by atoms with Gasteiger partial charge in [0.15, 0.2) is 0 Å². The van der Waals surface area contributed by atoms with Gasteiger partial charge in [-0.05, 0) is 18.8 Å². The van der Waals surface area contributed by atoms with Crippen molar-refractivity contribution in [3.05, 3.63) is 0 Å². The first-order valence-electron chi connectivity index (χ1n) is 7.26. The van der Waals surface area contributed by atoms with Crippen molar-refractivity contribution in [2.45, 2.75) is 63.8 Å². The van der Waals surface area contributed by atoms with Crippen LogP contribution in [-0.2, 0) is 9.59 Å². The highest BCUT2D eigenvalue weighted by atomic mass is 16.4. The molecule has 1 aliphatic carbocycles. The fraction of sp³-hybridized carbons (Fsp3) is 0.857. The molecule has 1 aliphatic rings. The highest BCUT2D eigenvalue weighted by Gasteiger charge is 2.19. The molecule has 1 rings (SSSR count). The molecule has 3 N–H and O–H groups in total. The lowest BCUT2D eigenvalue weighted by atomic mass is 9.86. The minimum Gasteiger partial charge on any atom is -0.480 e. The van der Waals surface area contributed by atoms with E-state index in [0.717, 1.165) is 18.8 Å². The molecule has 19 heavy (non-hydrogen) atoms. The zero-order valence-corrected chi connectivity index (χ0v) is 11.4. The van der Waals surface area contributed by atoms with E-state index >= 15 is 0 Å². The summed E-state index contributed by atoms with van der Waals surface area (Å²) < 4.78 is 0. The molecule has 1 atom stereocenters. The highest BCUT2D eigenvalue weighted by molar-refractivity contribution is 5.83. The van der Waals surface area contributed by atoms with Crippen LogP contribution in [0, 0.1) is 5.92 Å². The first-order chi connectivity index (χ1) is 9.13. The molecule has 0 spiro atoms. The van der Waals surface area contributed by atoms with E-state index in [1.54, 1.807) is 0 Å². The number of hydrogen-bond acceptors (Lipinski definition) is 3.